The fourth-order valence-corrected chi connectivity index (χ4v) is 8.04. The van der Waals surface area contributed by atoms with Crippen molar-refractivity contribution in [2.45, 2.75) is 89.1 Å². The zero-order valence-corrected chi connectivity index (χ0v) is 19.1. The third kappa shape index (κ3) is 2.43. The number of hydrogen-bond acceptors (Lipinski definition) is 6. The molecule has 0 aromatic carbocycles. The normalized spacial score (nSPS) is 51.5. The molecule has 176 valence electrons. The van der Waals surface area contributed by atoms with Crippen LogP contribution in [0.3, 0.4) is 0 Å². The van der Waals surface area contributed by atoms with E-state index < -0.39 is 46.5 Å². The lowest BCUT2D eigenvalue weighted by molar-refractivity contribution is -0.230. The fraction of sp³-hybridized carbons (Fsp3) is 0.760. The number of aliphatic hydroxyl groups is 1. The lowest BCUT2D eigenvalue weighted by atomic mass is 9.44. The molecule has 5 rings (SSSR count). The molecule has 5 aliphatic rings. The minimum absolute atomic E-state index is 0.0831. The topological polar surface area (TPSA) is 98.9 Å². The Bertz CT molecular complexity index is 918. The van der Waals surface area contributed by atoms with E-state index in [0.717, 1.165) is 12.0 Å². The average Bonchev–Trinajstić information content (AvgIpc) is 3.22. The van der Waals surface area contributed by atoms with E-state index in [0.29, 0.717) is 25.7 Å². The standard InChI is InChI=1S/C25H34FNO5/c1-4-5-21-31-20-11-17-16-7-6-14-10-15(28)8-9-22(14,2)24(16,26)18(29)12-23(17,3)25(20,32-21)19(30)13-27/h8-10,16-18,20-21,29H,4-7,11-13,27H2,1-3H3/t16?,17-,18-,20?,21?,22-,23-,24-,25+/m0/s1. The minimum Gasteiger partial charge on any atom is -0.390 e. The summed E-state index contributed by atoms with van der Waals surface area (Å²) in [6.07, 6.45) is 5.50. The van der Waals surface area contributed by atoms with Gasteiger partial charge in [-0.15, -0.1) is 0 Å². The first-order chi connectivity index (χ1) is 15.1. The van der Waals surface area contributed by atoms with E-state index in [4.69, 9.17) is 15.2 Å². The van der Waals surface area contributed by atoms with Gasteiger partial charge in [0.1, 0.15) is 0 Å². The van der Waals surface area contributed by atoms with Crippen LogP contribution in [0.4, 0.5) is 4.39 Å². The van der Waals surface area contributed by atoms with Crippen LogP contribution in [-0.4, -0.2) is 53.0 Å². The first-order valence-corrected chi connectivity index (χ1v) is 12.0. The molecule has 1 heterocycles. The number of fused-ring (bicyclic) bond motifs is 7. The second kappa shape index (κ2) is 7.05. The van der Waals surface area contributed by atoms with Crippen LogP contribution in [0.25, 0.3) is 0 Å². The molecule has 32 heavy (non-hydrogen) atoms. The van der Waals surface area contributed by atoms with Crippen LogP contribution in [0.15, 0.2) is 23.8 Å². The van der Waals surface area contributed by atoms with Crippen LogP contribution in [-0.2, 0) is 19.1 Å². The van der Waals surface area contributed by atoms with Crippen molar-refractivity contribution in [2.75, 3.05) is 6.54 Å². The molecule has 3 unspecified atom stereocenters. The SMILES string of the molecule is CCCC1OC2C[C@H]3C4CCC5=CC(=O)C=C[C@]5(C)[C@@]4(F)[C@@H](O)C[C@]3(C)[C@]2(C(=O)CN)O1. The summed E-state index contributed by atoms with van der Waals surface area (Å²) < 4.78 is 29.8. The van der Waals surface area contributed by atoms with Crippen molar-refractivity contribution in [3.63, 3.8) is 0 Å². The summed E-state index contributed by atoms with van der Waals surface area (Å²) in [5, 5.41) is 11.4. The molecule has 9 atom stereocenters. The fourth-order valence-electron chi connectivity index (χ4n) is 8.04. The summed E-state index contributed by atoms with van der Waals surface area (Å²) >= 11 is 0. The number of carbonyl (C=O) groups is 2. The smallest absolute Gasteiger partial charge is 0.181 e. The lowest BCUT2D eigenvalue weighted by Crippen LogP contribution is -2.70. The maximum absolute atomic E-state index is 17.2. The zero-order valence-electron chi connectivity index (χ0n) is 19.1. The molecule has 3 N–H and O–H groups in total. The molecule has 4 fully saturated rings. The summed E-state index contributed by atoms with van der Waals surface area (Å²) in [5.74, 6) is -1.05. The van der Waals surface area contributed by atoms with Gasteiger partial charge in [-0.25, -0.2) is 4.39 Å². The number of halogens is 1. The van der Waals surface area contributed by atoms with E-state index in [-0.39, 0.29) is 30.4 Å². The van der Waals surface area contributed by atoms with Crippen molar-refractivity contribution >= 4 is 11.6 Å². The maximum atomic E-state index is 17.2. The Kier molecular flexibility index (Phi) is 4.93. The Labute approximate surface area is 188 Å². The van der Waals surface area contributed by atoms with Crippen LogP contribution < -0.4 is 5.73 Å². The number of alkyl halides is 1. The van der Waals surface area contributed by atoms with E-state index in [1.54, 1.807) is 13.0 Å². The van der Waals surface area contributed by atoms with Crippen LogP contribution in [0.1, 0.15) is 59.3 Å². The molecular weight excluding hydrogens is 413 g/mol. The third-order valence-corrected chi connectivity index (χ3v) is 9.56. The number of hydrogen-bond donors (Lipinski definition) is 2. The summed E-state index contributed by atoms with van der Waals surface area (Å²) in [4.78, 5) is 25.3. The molecule has 4 aliphatic carbocycles. The predicted octanol–water partition coefficient (Wildman–Crippen LogP) is 2.78. The maximum Gasteiger partial charge on any atom is 0.181 e. The molecule has 1 aliphatic heterocycles. The number of rotatable bonds is 4. The Morgan fingerprint density at radius 3 is 2.78 bits per heavy atom. The number of ether oxygens (including phenoxy) is 2. The largest absolute Gasteiger partial charge is 0.390 e. The van der Waals surface area contributed by atoms with Crippen molar-refractivity contribution in [3.05, 3.63) is 23.8 Å². The number of ketones is 2. The molecular formula is C25H34FNO5. The van der Waals surface area contributed by atoms with Crippen molar-refractivity contribution in [1.82, 2.24) is 0 Å². The number of Topliss-reactive ketones (excluding diaryl/α,β-unsaturated/α-hetero) is 1. The van der Waals surface area contributed by atoms with Crippen LogP contribution in [0, 0.1) is 22.7 Å². The van der Waals surface area contributed by atoms with Gasteiger partial charge in [-0.3, -0.25) is 9.59 Å². The minimum atomic E-state index is -1.94. The van der Waals surface area contributed by atoms with Gasteiger partial charge in [0.05, 0.1) is 18.8 Å². The summed E-state index contributed by atoms with van der Waals surface area (Å²) in [5.41, 5.74) is 1.55. The molecule has 0 bridgehead atoms. The lowest BCUT2D eigenvalue weighted by Gasteiger charge is -2.62. The van der Waals surface area contributed by atoms with Crippen LogP contribution in [0.5, 0.6) is 0 Å². The molecule has 0 aromatic heterocycles. The number of carbonyl (C=O) groups excluding carboxylic acids is 2. The second-order valence-corrected chi connectivity index (χ2v) is 10.8. The van der Waals surface area contributed by atoms with Crippen molar-refractivity contribution in [3.8, 4) is 0 Å². The van der Waals surface area contributed by atoms with E-state index in [2.05, 4.69) is 0 Å². The van der Waals surface area contributed by atoms with Gasteiger partial charge in [0.15, 0.2) is 29.1 Å². The van der Waals surface area contributed by atoms with Gasteiger partial charge in [-0.1, -0.05) is 31.9 Å². The zero-order chi connectivity index (χ0) is 23.1. The highest BCUT2D eigenvalue weighted by Gasteiger charge is 2.79. The Morgan fingerprint density at radius 1 is 1.34 bits per heavy atom. The monoisotopic (exact) mass is 447 g/mol. The summed E-state index contributed by atoms with van der Waals surface area (Å²) in [7, 11) is 0. The quantitative estimate of drug-likeness (QED) is 0.688. The van der Waals surface area contributed by atoms with Gasteiger partial charge in [-0.05, 0) is 57.1 Å². The number of aliphatic hydroxyl groups excluding tert-OH is 1. The van der Waals surface area contributed by atoms with Gasteiger partial charge in [-0.2, -0.15) is 0 Å². The van der Waals surface area contributed by atoms with Gasteiger partial charge in [0, 0.05) is 16.7 Å². The first-order valence-electron chi connectivity index (χ1n) is 12.0. The molecule has 1 saturated heterocycles. The molecule has 0 aromatic rings. The van der Waals surface area contributed by atoms with Crippen LogP contribution >= 0.6 is 0 Å². The molecule has 0 radical (unpaired) electrons. The molecule has 0 amide bonds. The van der Waals surface area contributed by atoms with Crippen molar-refractivity contribution in [1.29, 1.82) is 0 Å². The molecule has 0 spiro atoms. The van der Waals surface area contributed by atoms with Gasteiger partial charge < -0.3 is 20.3 Å². The Morgan fingerprint density at radius 2 is 2.09 bits per heavy atom. The van der Waals surface area contributed by atoms with E-state index >= 15 is 4.39 Å². The molecule has 7 heteroatoms. The highest BCUT2D eigenvalue weighted by atomic mass is 19.1. The first kappa shape index (κ1) is 22.4. The summed E-state index contributed by atoms with van der Waals surface area (Å²) in [6.45, 7) is 5.60. The van der Waals surface area contributed by atoms with Gasteiger partial charge >= 0.3 is 0 Å². The Hall–Kier alpha value is -1.41. The van der Waals surface area contributed by atoms with E-state index in [1.165, 1.54) is 12.2 Å². The van der Waals surface area contributed by atoms with E-state index in [9.17, 15) is 14.7 Å². The molecule has 6 nitrogen and oxygen atoms in total. The second-order valence-electron chi connectivity index (χ2n) is 10.8. The highest BCUT2D eigenvalue weighted by molar-refractivity contribution is 6.01. The molecule has 3 saturated carbocycles. The Balaban J connectivity index is 1.60. The van der Waals surface area contributed by atoms with Crippen molar-refractivity contribution in [2.24, 2.45) is 28.4 Å². The van der Waals surface area contributed by atoms with Crippen LogP contribution in [0.2, 0.25) is 0 Å². The van der Waals surface area contributed by atoms with Crippen molar-refractivity contribution < 1.29 is 28.6 Å². The van der Waals surface area contributed by atoms with Gasteiger partial charge in [0.2, 0.25) is 0 Å². The number of allylic oxidation sites excluding steroid dienone is 4. The number of nitrogens with two attached hydrogens (primary N) is 1. The van der Waals surface area contributed by atoms with Gasteiger partial charge in [0.25, 0.3) is 0 Å². The average molecular weight is 448 g/mol. The third-order valence-electron chi connectivity index (χ3n) is 9.56. The summed E-state index contributed by atoms with van der Waals surface area (Å²) in [6, 6.07) is 0. The predicted molar refractivity (Wildman–Crippen MR) is 115 cm³/mol. The van der Waals surface area contributed by atoms with E-state index in [1.807, 2.05) is 13.8 Å². The highest BCUT2D eigenvalue weighted by Crippen LogP contribution is 2.71.